The molecule has 3 aromatic rings. The Morgan fingerprint density at radius 2 is 1.79 bits per heavy atom. The number of furan rings is 1. The van der Waals surface area contributed by atoms with Crippen LogP contribution in [0.1, 0.15) is 53.8 Å². The summed E-state index contributed by atoms with van der Waals surface area (Å²) >= 11 is 7.20. The minimum atomic E-state index is -0.386. The first-order valence-corrected chi connectivity index (χ1v) is 10.8. The number of rotatable bonds is 1. The van der Waals surface area contributed by atoms with Crippen molar-refractivity contribution >= 4 is 37.6 Å². The smallest absolute Gasteiger partial charge is 0.182 e. The molecule has 0 spiro atoms. The zero-order chi connectivity index (χ0) is 19.6. The molecule has 3 nitrogen and oxygen atoms in total. The molecule has 0 bridgehead atoms. The highest BCUT2D eigenvalue weighted by Gasteiger charge is 2.42. The monoisotopic (exact) mass is 500 g/mol. The van der Waals surface area contributed by atoms with Crippen LogP contribution in [0.15, 0.2) is 55.8 Å². The fourth-order valence-electron chi connectivity index (χ4n) is 4.27. The van der Waals surface area contributed by atoms with Gasteiger partial charge in [-0.05, 0) is 33.5 Å². The molecule has 1 atom stereocenters. The molecule has 1 unspecified atom stereocenters. The van der Waals surface area contributed by atoms with Crippen molar-refractivity contribution in [2.75, 3.05) is 0 Å². The summed E-state index contributed by atoms with van der Waals surface area (Å²) in [5.41, 5.74) is 3.40. The van der Waals surface area contributed by atoms with E-state index in [4.69, 9.17) is 9.15 Å². The lowest BCUT2D eigenvalue weighted by molar-refractivity contribution is 0.0903. The number of hydrogen-bond donors (Lipinski definition) is 0. The lowest BCUT2D eigenvalue weighted by Crippen LogP contribution is -2.26. The van der Waals surface area contributed by atoms with Crippen molar-refractivity contribution in [3.05, 3.63) is 74.1 Å². The third-order valence-electron chi connectivity index (χ3n) is 5.42. The van der Waals surface area contributed by atoms with Gasteiger partial charge in [-0.2, -0.15) is 0 Å². The standard InChI is InChI=1S/C23H18Br2O3/c1-23(2)10-16(26)19-17(11-23)27-22-18(19)14-8-13(24)9-15(25)21(14)28-20(22)12-6-4-3-5-7-12/h3-9,20H,10-11H2,1-2H3. The van der Waals surface area contributed by atoms with Crippen molar-refractivity contribution in [3.8, 4) is 16.9 Å². The van der Waals surface area contributed by atoms with Crippen molar-refractivity contribution in [2.24, 2.45) is 5.41 Å². The predicted octanol–water partition coefficient (Wildman–Crippen LogP) is 7.11. The number of ketones is 1. The van der Waals surface area contributed by atoms with Crippen LogP contribution >= 0.6 is 31.9 Å². The maximum Gasteiger partial charge on any atom is 0.182 e. The first kappa shape index (κ1) is 18.2. The Morgan fingerprint density at radius 3 is 2.54 bits per heavy atom. The summed E-state index contributed by atoms with van der Waals surface area (Å²) in [6.45, 7) is 4.23. The van der Waals surface area contributed by atoms with Crippen molar-refractivity contribution in [1.82, 2.24) is 0 Å². The van der Waals surface area contributed by atoms with Crippen molar-refractivity contribution in [3.63, 3.8) is 0 Å². The van der Waals surface area contributed by atoms with Crippen LogP contribution in [-0.4, -0.2) is 5.78 Å². The van der Waals surface area contributed by atoms with Gasteiger partial charge in [-0.25, -0.2) is 0 Å². The van der Waals surface area contributed by atoms with Gasteiger partial charge in [0, 0.05) is 34.0 Å². The molecule has 5 heteroatoms. The fraction of sp³-hybridized carbons (Fsp3) is 0.261. The molecule has 2 heterocycles. The van der Waals surface area contributed by atoms with E-state index >= 15 is 0 Å². The van der Waals surface area contributed by atoms with Crippen LogP contribution in [-0.2, 0) is 6.42 Å². The molecule has 0 saturated heterocycles. The van der Waals surface area contributed by atoms with E-state index in [0.717, 1.165) is 54.9 Å². The van der Waals surface area contributed by atoms with Gasteiger partial charge in [-0.3, -0.25) is 4.79 Å². The summed E-state index contributed by atoms with van der Waals surface area (Å²) in [7, 11) is 0. The third kappa shape index (κ3) is 2.79. The highest BCUT2D eigenvalue weighted by Crippen LogP contribution is 2.54. The number of halogens is 2. The zero-order valence-corrected chi connectivity index (χ0v) is 18.7. The van der Waals surface area contributed by atoms with E-state index in [1.807, 2.05) is 42.5 Å². The van der Waals surface area contributed by atoms with Gasteiger partial charge in [0.2, 0.25) is 0 Å². The largest absolute Gasteiger partial charge is 0.476 e. The molecule has 5 rings (SSSR count). The van der Waals surface area contributed by atoms with Crippen LogP contribution in [0.2, 0.25) is 0 Å². The number of hydrogen-bond acceptors (Lipinski definition) is 3. The minimum Gasteiger partial charge on any atom is -0.476 e. The van der Waals surface area contributed by atoms with E-state index in [9.17, 15) is 4.79 Å². The van der Waals surface area contributed by atoms with Crippen LogP contribution in [0.5, 0.6) is 5.75 Å². The third-order valence-corrected chi connectivity index (χ3v) is 6.47. The highest BCUT2D eigenvalue weighted by molar-refractivity contribution is 9.11. The Kier molecular flexibility index (Phi) is 4.11. The number of fused-ring (bicyclic) bond motifs is 5. The van der Waals surface area contributed by atoms with Gasteiger partial charge >= 0.3 is 0 Å². The van der Waals surface area contributed by atoms with Crippen LogP contribution in [0.3, 0.4) is 0 Å². The van der Waals surface area contributed by atoms with Crippen molar-refractivity contribution in [2.45, 2.75) is 32.8 Å². The van der Waals surface area contributed by atoms with E-state index in [2.05, 4.69) is 45.7 Å². The summed E-state index contributed by atoms with van der Waals surface area (Å²) < 4.78 is 14.6. The average Bonchev–Trinajstić information content (AvgIpc) is 3.00. The second kappa shape index (κ2) is 6.33. The van der Waals surface area contributed by atoms with E-state index in [1.165, 1.54) is 0 Å². The normalized spacial score (nSPS) is 19.4. The predicted molar refractivity (Wildman–Crippen MR) is 115 cm³/mol. The van der Waals surface area contributed by atoms with Gasteiger partial charge in [0.05, 0.1) is 10.0 Å². The Hall–Kier alpha value is -1.85. The number of carbonyl (C=O) groups excluding carboxylic acids is 1. The van der Waals surface area contributed by atoms with E-state index < -0.39 is 0 Å². The molecular formula is C23H18Br2O3. The average molecular weight is 502 g/mol. The van der Waals surface area contributed by atoms with E-state index in [-0.39, 0.29) is 17.3 Å². The van der Waals surface area contributed by atoms with E-state index in [0.29, 0.717) is 6.42 Å². The molecule has 2 aromatic carbocycles. The van der Waals surface area contributed by atoms with Crippen LogP contribution in [0.25, 0.3) is 11.1 Å². The lowest BCUT2D eigenvalue weighted by atomic mass is 9.75. The summed E-state index contributed by atoms with van der Waals surface area (Å²) in [4.78, 5) is 13.1. The molecular weight excluding hydrogens is 484 g/mol. The molecule has 0 radical (unpaired) electrons. The van der Waals surface area contributed by atoms with Crippen LogP contribution < -0.4 is 4.74 Å². The Balaban J connectivity index is 1.81. The molecule has 2 aliphatic rings. The Bertz CT molecular complexity index is 1110. The van der Waals surface area contributed by atoms with Crippen molar-refractivity contribution in [1.29, 1.82) is 0 Å². The Labute approximate surface area is 180 Å². The number of benzene rings is 2. The lowest BCUT2D eigenvalue weighted by Gasteiger charge is -2.28. The van der Waals surface area contributed by atoms with Crippen molar-refractivity contribution < 1.29 is 13.9 Å². The SMILES string of the molecule is CC1(C)CC(=O)c2c(oc3c2-c2cc(Br)cc(Br)c2OC3c2ccccc2)C1. The quantitative estimate of drug-likeness (QED) is 0.356. The first-order chi connectivity index (χ1) is 13.3. The molecule has 1 aromatic heterocycles. The Morgan fingerprint density at radius 1 is 1.04 bits per heavy atom. The maximum absolute atomic E-state index is 13.1. The summed E-state index contributed by atoms with van der Waals surface area (Å²) in [6, 6.07) is 14.0. The number of Topliss-reactive ketones (excluding diaryl/α,β-unsaturated/α-hetero) is 1. The topological polar surface area (TPSA) is 39.4 Å². The van der Waals surface area contributed by atoms with Gasteiger partial charge in [0.25, 0.3) is 0 Å². The van der Waals surface area contributed by atoms with Gasteiger partial charge < -0.3 is 9.15 Å². The summed E-state index contributed by atoms with van der Waals surface area (Å²) in [5.74, 6) is 2.39. The zero-order valence-electron chi connectivity index (χ0n) is 15.5. The van der Waals surface area contributed by atoms with Gasteiger partial charge in [-0.1, -0.05) is 60.1 Å². The molecule has 142 valence electrons. The molecule has 1 aliphatic carbocycles. The molecule has 0 saturated carbocycles. The summed E-state index contributed by atoms with van der Waals surface area (Å²) in [6.07, 6.45) is 0.878. The second-order valence-corrected chi connectivity index (χ2v) is 10.0. The first-order valence-electron chi connectivity index (χ1n) is 9.24. The summed E-state index contributed by atoms with van der Waals surface area (Å²) in [5, 5.41) is 0. The van der Waals surface area contributed by atoms with Crippen LogP contribution in [0, 0.1) is 5.41 Å². The molecule has 0 amide bonds. The van der Waals surface area contributed by atoms with Gasteiger partial charge in [-0.15, -0.1) is 0 Å². The maximum atomic E-state index is 13.1. The van der Waals surface area contributed by atoms with E-state index in [1.54, 1.807) is 0 Å². The highest BCUT2D eigenvalue weighted by atomic mass is 79.9. The second-order valence-electron chi connectivity index (χ2n) is 8.25. The number of ether oxygens (including phenoxy) is 1. The minimum absolute atomic E-state index is 0.103. The molecule has 28 heavy (non-hydrogen) atoms. The van der Waals surface area contributed by atoms with Gasteiger partial charge in [0.1, 0.15) is 11.5 Å². The fourth-order valence-corrected chi connectivity index (χ4v) is 5.59. The molecule has 1 aliphatic heterocycles. The number of carbonyl (C=O) groups is 1. The molecule has 0 fully saturated rings. The van der Waals surface area contributed by atoms with Crippen LogP contribution in [0.4, 0.5) is 0 Å². The van der Waals surface area contributed by atoms with Gasteiger partial charge in [0.15, 0.2) is 17.6 Å². The molecule has 0 N–H and O–H groups in total.